The van der Waals surface area contributed by atoms with Gasteiger partial charge in [0.1, 0.15) is 18.2 Å². The van der Waals surface area contributed by atoms with Crippen molar-refractivity contribution in [3.05, 3.63) is 98.9 Å². The number of rotatable bonds is 12. The highest BCUT2D eigenvalue weighted by atomic mass is 79.9. The van der Waals surface area contributed by atoms with Gasteiger partial charge in [0.05, 0.1) is 36.0 Å². The molecule has 11 nitrogen and oxygen atoms in total. The molecule has 230 valence electrons. The van der Waals surface area contributed by atoms with E-state index in [4.69, 9.17) is 18.9 Å². The predicted octanol–water partition coefficient (Wildman–Crippen LogP) is 4.90. The molecule has 0 saturated carbocycles. The summed E-state index contributed by atoms with van der Waals surface area (Å²) < 4.78 is 36.0. The number of amides is 3. The number of hydrogen-bond donors (Lipinski definition) is 3. The zero-order valence-corrected chi connectivity index (χ0v) is 25.7. The third kappa shape index (κ3) is 8.34. The Labute approximate surface area is 261 Å². The zero-order chi connectivity index (χ0) is 31.6. The number of allylic oxidation sites excluding steroid dienone is 1. The molecule has 0 bridgehead atoms. The maximum absolute atomic E-state index is 13.4. The molecule has 0 unspecified atom stereocenters. The Balaban J connectivity index is 1.33. The van der Waals surface area contributed by atoms with E-state index in [-0.39, 0.29) is 42.7 Å². The van der Waals surface area contributed by atoms with Crippen LogP contribution in [0.25, 0.3) is 0 Å². The number of carbonyl (C=O) groups excluding carboxylic acids is 3. The molecule has 3 aromatic rings. The predicted molar refractivity (Wildman–Crippen MR) is 163 cm³/mol. The molecule has 1 aliphatic heterocycles. The lowest BCUT2D eigenvalue weighted by Gasteiger charge is -2.28. The first-order valence-electron chi connectivity index (χ1n) is 13.4. The highest BCUT2D eigenvalue weighted by molar-refractivity contribution is 9.10. The average molecular weight is 670 g/mol. The Hall–Kier alpha value is -4.91. The van der Waals surface area contributed by atoms with E-state index >= 15 is 0 Å². The molecule has 0 saturated heterocycles. The number of esters is 1. The molecule has 0 spiro atoms. The van der Waals surface area contributed by atoms with Gasteiger partial charge in [-0.25, -0.2) is 19.4 Å². The molecule has 44 heavy (non-hydrogen) atoms. The summed E-state index contributed by atoms with van der Waals surface area (Å²) in [5, 5.41) is 9.27. The fourth-order valence-electron chi connectivity index (χ4n) is 4.26. The fourth-order valence-corrected chi connectivity index (χ4v) is 4.77. The zero-order valence-electron chi connectivity index (χ0n) is 24.1. The normalized spacial score (nSPS) is 14.5. The van der Waals surface area contributed by atoms with Crippen molar-refractivity contribution in [2.75, 3.05) is 20.3 Å². The summed E-state index contributed by atoms with van der Waals surface area (Å²) in [4.78, 5) is 37.1. The largest absolute Gasteiger partial charge is 0.493 e. The van der Waals surface area contributed by atoms with Crippen LogP contribution in [0.2, 0.25) is 0 Å². The van der Waals surface area contributed by atoms with Crippen LogP contribution in [0.15, 0.2) is 81.5 Å². The summed E-state index contributed by atoms with van der Waals surface area (Å²) in [5.41, 5.74) is 4.98. The third-order valence-electron chi connectivity index (χ3n) is 6.29. The van der Waals surface area contributed by atoms with Gasteiger partial charge < -0.3 is 29.6 Å². The van der Waals surface area contributed by atoms with E-state index in [9.17, 15) is 18.8 Å². The number of ether oxygens (including phenoxy) is 4. The lowest BCUT2D eigenvalue weighted by atomic mass is 9.95. The van der Waals surface area contributed by atoms with E-state index in [0.717, 1.165) is 0 Å². The molecule has 0 aromatic heterocycles. The number of nitrogens with one attached hydrogen (secondary N) is 3. The van der Waals surface area contributed by atoms with Crippen LogP contribution >= 0.6 is 15.9 Å². The molecule has 0 radical (unpaired) electrons. The van der Waals surface area contributed by atoms with Crippen molar-refractivity contribution >= 4 is 40.1 Å². The minimum atomic E-state index is -0.780. The molecule has 0 aliphatic carbocycles. The molecule has 1 heterocycles. The van der Waals surface area contributed by atoms with Crippen molar-refractivity contribution in [1.82, 2.24) is 16.1 Å². The van der Waals surface area contributed by atoms with Gasteiger partial charge in [-0.1, -0.05) is 18.2 Å². The summed E-state index contributed by atoms with van der Waals surface area (Å²) in [6.07, 6.45) is 1.46. The number of hydrazone groups is 1. The Morgan fingerprint density at radius 3 is 2.59 bits per heavy atom. The van der Waals surface area contributed by atoms with Gasteiger partial charge in [0.15, 0.2) is 18.1 Å². The number of benzene rings is 3. The number of hydrogen-bond acceptors (Lipinski definition) is 8. The Bertz CT molecular complexity index is 1610. The number of nitrogens with zero attached hydrogens (tertiary/aromatic N) is 1. The average Bonchev–Trinajstić information content (AvgIpc) is 2.99. The standard InChI is InChI=1S/C31H30BrFN4O7/c1-4-42-30(39)28-18(2)35-31(40)36-29(28)21-9-11-25(26(14-21)41-3)44-17-27(38)37-34-15-19-8-10-24(23(32)13-19)43-16-20-6-5-7-22(33)12-20/h5-15,29H,4,16-17H2,1-3H3,(H,37,38)(H2,35,36,40)/b34-15-/t29-/m1/s1. The van der Waals surface area contributed by atoms with Crippen LogP contribution in [0, 0.1) is 5.82 Å². The first kappa shape index (κ1) is 32.0. The maximum Gasteiger partial charge on any atom is 0.338 e. The van der Waals surface area contributed by atoms with E-state index < -0.39 is 23.9 Å². The van der Waals surface area contributed by atoms with Crippen LogP contribution in [0.5, 0.6) is 17.2 Å². The fraction of sp³-hybridized carbons (Fsp3) is 0.226. The molecule has 4 rings (SSSR count). The Morgan fingerprint density at radius 2 is 1.86 bits per heavy atom. The van der Waals surface area contributed by atoms with Gasteiger partial charge in [0, 0.05) is 5.70 Å². The minimum Gasteiger partial charge on any atom is -0.493 e. The van der Waals surface area contributed by atoms with Gasteiger partial charge in [-0.3, -0.25) is 4.79 Å². The first-order valence-corrected chi connectivity index (χ1v) is 14.2. The highest BCUT2D eigenvalue weighted by Gasteiger charge is 2.32. The molecule has 13 heteroatoms. The van der Waals surface area contributed by atoms with E-state index in [2.05, 4.69) is 37.1 Å². The van der Waals surface area contributed by atoms with Gasteiger partial charge >= 0.3 is 12.0 Å². The van der Waals surface area contributed by atoms with Crippen molar-refractivity contribution < 1.29 is 37.7 Å². The van der Waals surface area contributed by atoms with Crippen LogP contribution in [0.4, 0.5) is 9.18 Å². The molecule has 3 amide bonds. The van der Waals surface area contributed by atoms with E-state index in [1.165, 1.54) is 25.5 Å². The molecule has 1 atom stereocenters. The Kier molecular flexibility index (Phi) is 10.9. The van der Waals surface area contributed by atoms with Crippen molar-refractivity contribution in [3.8, 4) is 17.2 Å². The summed E-state index contributed by atoms with van der Waals surface area (Å²) in [6.45, 7) is 3.33. The smallest absolute Gasteiger partial charge is 0.338 e. The third-order valence-corrected chi connectivity index (χ3v) is 6.91. The monoisotopic (exact) mass is 668 g/mol. The lowest BCUT2D eigenvalue weighted by molar-refractivity contribution is -0.139. The number of halogens is 2. The topological polar surface area (TPSA) is 137 Å². The molecule has 3 N–H and O–H groups in total. The molecule has 3 aromatic carbocycles. The van der Waals surface area contributed by atoms with Crippen molar-refractivity contribution in [2.24, 2.45) is 5.10 Å². The van der Waals surface area contributed by atoms with Crippen molar-refractivity contribution in [3.63, 3.8) is 0 Å². The van der Waals surface area contributed by atoms with Crippen LogP contribution < -0.4 is 30.3 Å². The summed E-state index contributed by atoms with van der Waals surface area (Å²) >= 11 is 3.44. The van der Waals surface area contributed by atoms with Crippen LogP contribution in [0.3, 0.4) is 0 Å². The molecule has 0 fully saturated rings. The minimum absolute atomic E-state index is 0.177. The molecular weight excluding hydrogens is 639 g/mol. The quantitative estimate of drug-likeness (QED) is 0.142. The van der Waals surface area contributed by atoms with E-state index in [1.807, 2.05) is 0 Å². The number of urea groups is 1. The second-order valence-corrected chi connectivity index (χ2v) is 10.2. The number of carbonyl (C=O) groups is 3. The highest BCUT2D eigenvalue weighted by Crippen LogP contribution is 2.34. The Morgan fingerprint density at radius 1 is 1.07 bits per heavy atom. The second-order valence-electron chi connectivity index (χ2n) is 9.39. The van der Waals surface area contributed by atoms with Gasteiger partial charge in [-0.15, -0.1) is 0 Å². The molecule has 1 aliphatic rings. The van der Waals surface area contributed by atoms with Gasteiger partial charge in [0.2, 0.25) is 0 Å². The van der Waals surface area contributed by atoms with Crippen LogP contribution in [-0.2, 0) is 20.9 Å². The van der Waals surface area contributed by atoms with E-state index in [1.54, 1.807) is 62.4 Å². The second kappa shape index (κ2) is 15.0. The number of methoxy groups -OCH3 is 1. The summed E-state index contributed by atoms with van der Waals surface area (Å²) in [5.74, 6) is -0.283. The van der Waals surface area contributed by atoms with Gasteiger partial charge in [-0.05, 0) is 88.9 Å². The SMILES string of the molecule is CCOC(=O)C1=C(C)NC(=O)N[C@@H]1c1ccc(OCC(=O)N/N=C\c2ccc(OCc3cccc(F)c3)c(Br)c2)c(OC)c1. The summed E-state index contributed by atoms with van der Waals surface area (Å²) in [7, 11) is 1.43. The van der Waals surface area contributed by atoms with Crippen molar-refractivity contribution in [2.45, 2.75) is 26.5 Å². The van der Waals surface area contributed by atoms with Crippen molar-refractivity contribution in [1.29, 1.82) is 0 Å². The molecular formula is C31H30BrFN4O7. The van der Waals surface area contributed by atoms with Crippen LogP contribution in [0.1, 0.15) is 36.6 Å². The lowest BCUT2D eigenvalue weighted by Crippen LogP contribution is -2.45. The van der Waals surface area contributed by atoms with Gasteiger partial charge in [-0.2, -0.15) is 5.10 Å². The van der Waals surface area contributed by atoms with Crippen LogP contribution in [-0.4, -0.2) is 44.4 Å². The first-order chi connectivity index (χ1) is 21.2. The summed E-state index contributed by atoms with van der Waals surface area (Å²) in [6, 6.07) is 15.0. The van der Waals surface area contributed by atoms with Gasteiger partial charge in [0.25, 0.3) is 5.91 Å². The van der Waals surface area contributed by atoms with E-state index in [0.29, 0.717) is 32.6 Å². The maximum atomic E-state index is 13.4.